The standard InChI is InChI=1S/C16H28N2O2/c1-6-11(7-2)15(17)13-8-12(16(19)20-5)9-14(13)18-10(3)4/h8,11,13-15,18H,3,6-7,9,17H2,1-2,4-5H3/t13-,14-,15?/m1/s1. The van der Waals surface area contributed by atoms with E-state index in [0.29, 0.717) is 12.3 Å². The molecule has 0 amide bonds. The van der Waals surface area contributed by atoms with E-state index in [2.05, 4.69) is 25.7 Å². The molecule has 0 radical (unpaired) electrons. The number of esters is 1. The van der Waals surface area contributed by atoms with Crippen molar-refractivity contribution in [3.05, 3.63) is 23.9 Å². The normalized spacial score (nSPS) is 23.4. The van der Waals surface area contributed by atoms with Gasteiger partial charge in [-0.15, -0.1) is 0 Å². The van der Waals surface area contributed by atoms with Crippen LogP contribution in [0.4, 0.5) is 0 Å². The molecule has 1 rings (SSSR count). The number of ether oxygens (including phenoxy) is 1. The average molecular weight is 280 g/mol. The van der Waals surface area contributed by atoms with Crippen molar-refractivity contribution in [3.8, 4) is 0 Å². The first-order valence-electron chi connectivity index (χ1n) is 7.41. The van der Waals surface area contributed by atoms with E-state index in [9.17, 15) is 4.79 Å². The lowest BCUT2D eigenvalue weighted by molar-refractivity contribution is -0.136. The number of allylic oxidation sites excluding steroid dienone is 1. The van der Waals surface area contributed by atoms with Crippen LogP contribution in [0.1, 0.15) is 40.0 Å². The first-order valence-corrected chi connectivity index (χ1v) is 7.41. The highest BCUT2D eigenvalue weighted by Gasteiger charge is 2.36. The van der Waals surface area contributed by atoms with Gasteiger partial charge in [0.15, 0.2) is 0 Å². The van der Waals surface area contributed by atoms with Gasteiger partial charge in [0.2, 0.25) is 0 Å². The summed E-state index contributed by atoms with van der Waals surface area (Å²) in [4.78, 5) is 11.7. The van der Waals surface area contributed by atoms with Crippen LogP contribution < -0.4 is 11.1 Å². The third-order valence-electron chi connectivity index (χ3n) is 4.21. The second kappa shape index (κ2) is 7.48. The first-order chi connectivity index (χ1) is 9.44. The Kier molecular flexibility index (Phi) is 6.27. The van der Waals surface area contributed by atoms with Crippen molar-refractivity contribution >= 4 is 5.97 Å². The van der Waals surface area contributed by atoms with Crippen LogP contribution in [0.25, 0.3) is 0 Å². The lowest BCUT2D eigenvalue weighted by Crippen LogP contribution is -2.45. The van der Waals surface area contributed by atoms with E-state index in [4.69, 9.17) is 10.5 Å². The van der Waals surface area contributed by atoms with Crippen LogP contribution in [0.3, 0.4) is 0 Å². The minimum Gasteiger partial charge on any atom is -0.466 e. The Bertz CT molecular complexity index is 386. The summed E-state index contributed by atoms with van der Waals surface area (Å²) in [6, 6.07) is 0.182. The maximum absolute atomic E-state index is 11.7. The molecular formula is C16H28N2O2. The summed E-state index contributed by atoms with van der Waals surface area (Å²) in [6.07, 6.45) is 4.75. The molecule has 4 nitrogen and oxygen atoms in total. The first kappa shape index (κ1) is 16.8. The number of nitrogens with two attached hydrogens (primary N) is 1. The van der Waals surface area contributed by atoms with Crippen molar-refractivity contribution in [3.63, 3.8) is 0 Å². The van der Waals surface area contributed by atoms with Gasteiger partial charge in [-0.05, 0) is 19.3 Å². The van der Waals surface area contributed by atoms with Gasteiger partial charge in [-0.3, -0.25) is 0 Å². The quantitative estimate of drug-likeness (QED) is 0.703. The largest absolute Gasteiger partial charge is 0.466 e. The third-order valence-corrected chi connectivity index (χ3v) is 4.21. The molecule has 4 heteroatoms. The Morgan fingerprint density at radius 2 is 2.15 bits per heavy atom. The second-order valence-electron chi connectivity index (χ2n) is 5.65. The number of hydrogen-bond acceptors (Lipinski definition) is 4. The van der Waals surface area contributed by atoms with Crippen molar-refractivity contribution < 1.29 is 9.53 Å². The van der Waals surface area contributed by atoms with Gasteiger partial charge < -0.3 is 15.8 Å². The van der Waals surface area contributed by atoms with E-state index in [1.807, 2.05) is 13.0 Å². The van der Waals surface area contributed by atoms with Gasteiger partial charge in [-0.25, -0.2) is 4.79 Å². The summed E-state index contributed by atoms with van der Waals surface area (Å²) in [5.74, 6) is 0.353. The van der Waals surface area contributed by atoms with Crippen LogP contribution in [-0.2, 0) is 9.53 Å². The van der Waals surface area contributed by atoms with Crippen LogP contribution in [0.15, 0.2) is 23.9 Å². The smallest absolute Gasteiger partial charge is 0.333 e. The minimum absolute atomic E-state index is 0.0454. The minimum atomic E-state index is -0.252. The number of carbonyl (C=O) groups excluding carboxylic acids is 1. The molecule has 0 aromatic rings. The van der Waals surface area contributed by atoms with Gasteiger partial charge in [0.25, 0.3) is 0 Å². The molecule has 0 saturated carbocycles. The summed E-state index contributed by atoms with van der Waals surface area (Å²) in [5, 5.41) is 3.35. The SMILES string of the molecule is C=C(C)N[C@@H]1CC(C(=O)OC)=C[C@H]1C(N)C(CC)CC. The molecule has 1 unspecified atom stereocenters. The molecule has 0 heterocycles. The monoisotopic (exact) mass is 280 g/mol. The van der Waals surface area contributed by atoms with Gasteiger partial charge in [-0.1, -0.05) is 39.3 Å². The molecule has 3 atom stereocenters. The Morgan fingerprint density at radius 1 is 1.55 bits per heavy atom. The topological polar surface area (TPSA) is 64.3 Å². The molecule has 1 aliphatic carbocycles. The van der Waals surface area contributed by atoms with Gasteiger partial charge in [0, 0.05) is 29.3 Å². The summed E-state index contributed by atoms with van der Waals surface area (Å²) in [7, 11) is 1.42. The van der Waals surface area contributed by atoms with Crippen molar-refractivity contribution in [2.45, 2.75) is 52.1 Å². The van der Waals surface area contributed by atoms with Crippen molar-refractivity contribution in [1.29, 1.82) is 0 Å². The van der Waals surface area contributed by atoms with Crippen molar-refractivity contribution in [2.24, 2.45) is 17.6 Å². The molecule has 0 bridgehead atoms. The molecule has 0 saturated heterocycles. The lowest BCUT2D eigenvalue weighted by Gasteiger charge is -2.31. The molecule has 3 N–H and O–H groups in total. The predicted molar refractivity (Wildman–Crippen MR) is 82.0 cm³/mol. The maximum atomic E-state index is 11.7. The number of carbonyl (C=O) groups is 1. The van der Waals surface area contributed by atoms with E-state index < -0.39 is 0 Å². The fourth-order valence-corrected chi connectivity index (χ4v) is 3.06. The fourth-order valence-electron chi connectivity index (χ4n) is 3.06. The molecule has 0 aromatic carbocycles. The molecule has 114 valence electrons. The highest BCUT2D eigenvalue weighted by atomic mass is 16.5. The predicted octanol–water partition coefficient (Wildman–Crippen LogP) is 2.36. The highest BCUT2D eigenvalue weighted by molar-refractivity contribution is 5.89. The number of nitrogens with one attached hydrogen (secondary N) is 1. The Labute approximate surface area is 122 Å². The van der Waals surface area contributed by atoms with Crippen LogP contribution in [0.5, 0.6) is 0 Å². The van der Waals surface area contributed by atoms with Crippen LogP contribution >= 0.6 is 0 Å². The number of hydrogen-bond donors (Lipinski definition) is 2. The summed E-state index contributed by atoms with van der Waals surface area (Å²) in [5.41, 5.74) is 8.07. The fraction of sp³-hybridized carbons (Fsp3) is 0.688. The molecule has 20 heavy (non-hydrogen) atoms. The molecule has 1 aliphatic rings. The Hall–Kier alpha value is -1.29. The molecule has 0 aliphatic heterocycles. The van der Waals surface area contributed by atoms with E-state index in [-0.39, 0.29) is 24.0 Å². The van der Waals surface area contributed by atoms with Crippen molar-refractivity contribution in [2.75, 3.05) is 7.11 Å². The third kappa shape index (κ3) is 3.85. The average Bonchev–Trinajstić information content (AvgIpc) is 2.82. The highest BCUT2D eigenvalue weighted by Crippen LogP contribution is 2.32. The number of rotatable bonds is 7. The molecule has 0 spiro atoms. The van der Waals surface area contributed by atoms with E-state index in [1.54, 1.807) is 0 Å². The van der Waals surface area contributed by atoms with Gasteiger partial charge in [-0.2, -0.15) is 0 Å². The number of methoxy groups -OCH3 is 1. The molecule has 0 aromatic heterocycles. The summed E-state index contributed by atoms with van der Waals surface area (Å²) >= 11 is 0. The molecular weight excluding hydrogens is 252 g/mol. The Balaban J connectivity index is 2.92. The maximum Gasteiger partial charge on any atom is 0.333 e. The van der Waals surface area contributed by atoms with E-state index in [1.165, 1.54) is 7.11 Å². The lowest BCUT2D eigenvalue weighted by atomic mass is 9.83. The summed E-state index contributed by atoms with van der Waals surface area (Å²) in [6.45, 7) is 10.1. The summed E-state index contributed by atoms with van der Waals surface area (Å²) < 4.78 is 4.83. The second-order valence-corrected chi connectivity index (χ2v) is 5.65. The zero-order valence-electron chi connectivity index (χ0n) is 13.1. The van der Waals surface area contributed by atoms with E-state index in [0.717, 1.165) is 24.1 Å². The van der Waals surface area contributed by atoms with Crippen LogP contribution in [0.2, 0.25) is 0 Å². The van der Waals surface area contributed by atoms with Gasteiger partial charge in [0.05, 0.1) is 7.11 Å². The zero-order chi connectivity index (χ0) is 15.3. The van der Waals surface area contributed by atoms with Crippen LogP contribution in [-0.4, -0.2) is 25.2 Å². The van der Waals surface area contributed by atoms with E-state index >= 15 is 0 Å². The van der Waals surface area contributed by atoms with Crippen LogP contribution in [0, 0.1) is 11.8 Å². The van der Waals surface area contributed by atoms with Crippen molar-refractivity contribution in [1.82, 2.24) is 5.32 Å². The molecule has 0 fully saturated rings. The zero-order valence-corrected chi connectivity index (χ0v) is 13.1. The Morgan fingerprint density at radius 3 is 2.60 bits per heavy atom. The van der Waals surface area contributed by atoms with Gasteiger partial charge >= 0.3 is 5.97 Å². The van der Waals surface area contributed by atoms with Gasteiger partial charge in [0.1, 0.15) is 0 Å².